The molecule has 3 aromatic rings. The van der Waals surface area contributed by atoms with Crippen LogP contribution in [0.3, 0.4) is 0 Å². The van der Waals surface area contributed by atoms with Gasteiger partial charge in [0.1, 0.15) is 0 Å². The van der Waals surface area contributed by atoms with Crippen LogP contribution in [0.15, 0.2) is 60.1 Å². The van der Waals surface area contributed by atoms with Crippen molar-refractivity contribution in [2.24, 2.45) is 5.11 Å². The third-order valence-electron chi connectivity index (χ3n) is 3.24. The Bertz CT molecular complexity index is 871. The first kappa shape index (κ1) is 14.5. The van der Waals surface area contributed by atoms with Crippen LogP contribution in [0, 0.1) is 6.92 Å². The topological polar surface area (TPSA) is 99.5 Å². The molecular formula is C16H13N7. The number of azide groups is 1. The van der Waals surface area contributed by atoms with Gasteiger partial charge in [-0.05, 0) is 42.3 Å². The lowest BCUT2D eigenvalue weighted by atomic mass is 10.2. The molecule has 23 heavy (non-hydrogen) atoms. The zero-order chi connectivity index (χ0) is 16.1. The molecule has 1 aromatic carbocycles. The Morgan fingerprint density at radius 1 is 1.17 bits per heavy atom. The minimum absolute atomic E-state index is 0.465. The summed E-state index contributed by atoms with van der Waals surface area (Å²) < 4.78 is 0. The Morgan fingerprint density at radius 2 is 2.09 bits per heavy atom. The minimum Gasteiger partial charge on any atom is -0.324 e. The molecule has 0 saturated heterocycles. The Hall–Kier alpha value is -3.44. The van der Waals surface area contributed by atoms with Crippen molar-refractivity contribution in [3.8, 4) is 11.3 Å². The molecule has 0 unspecified atom stereocenters. The summed E-state index contributed by atoms with van der Waals surface area (Å²) >= 11 is 0. The largest absolute Gasteiger partial charge is 0.324 e. The second-order valence-corrected chi connectivity index (χ2v) is 4.82. The molecule has 1 N–H and O–H groups in total. The maximum Gasteiger partial charge on any atom is 0.227 e. The molecule has 0 aliphatic rings. The Labute approximate surface area is 132 Å². The van der Waals surface area contributed by atoms with Crippen molar-refractivity contribution in [3.63, 3.8) is 0 Å². The van der Waals surface area contributed by atoms with Crippen LogP contribution in [-0.4, -0.2) is 15.0 Å². The first-order valence-electron chi connectivity index (χ1n) is 6.92. The number of nitrogens with one attached hydrogen (secondary N) is 1. The van der Waals surface area contributed by atoms with E-state index in [0.717, 1.165) is 22.5 Å². The quantitative estimate of drug-likeness (QED) is 0.434. The number of rotatable bonds is 4. The number of hydrogen-bond acceptors (Lipinski definition) is 5. The average Bonchev–Trinajstić information content (AvgIpc) is 2.59. The fourth-order valence-electron chi connectivity index (χ4n) is 2.07. The number of benzene rings is 1. The molecule has 0 radical (unpaired) electrons. The summed E-state index contributed by atoms with van der Waals surface area (Å²) in [5.41, 5.74) is 12.6. The molecule has 0 bridgehead atoms. The van der Waals surface area contributed by atoms with E-state index in [2.05, 4.69) is 30.3 Å². The lowest BCUT2D eigenvalue weighted by Crippen LogP contribution is -1.99. The Kier molecular flexibility index (Phi) is 4.13. The summed E-state index contributed by atoms with van der Waals surface area (Å²) in [6, 6.07) is 11.0. The van der Waals surface area contributed by atoms with E-state index in [1.807, 2.05) is 31.2 Å². The van der Waals surface area contributed by atoms with E-state index in [1.165, 1.54) is 0 Å². The molecule has 2 aromatic heterocycles. The van der Waals surface area contributed by atoms with Crippen LogP contribution < -0.4 is 5.32 Å². The second kappa shape index (κ2) is 6.55. The van der Waals surface area contributed by atoms with Crippen LogP contribution in [0.1, 0.15) is 5.56 Å². The average molecular weight is 303 g/mol. The third kappa shape index (κ3) is 3.42. The predicted molar refractivity (Wildman–Crippen MR) is 88.5 cm³/mol. The van der Waals surface area contributed by atoms with Gasteiger partial charge in [0.25, 0.3) is 0 Å². The van der Waals surface area contributed by atoms with Gasteiger partial charge < -0.3 is 5.32 Å². The first-order valence-corrected chi connectivity index (χ1v) is 6.92. The van der Waals surface area contributed by atoms with Gasteiger partial charge in [0.05, 0.1) is 5.69 Å². The van der Waals surface area contributed by atoms with Crippen LogP contribution >= 0.6 is 0 Å². The van der Waals surface area contributed by atoms with Crippen molar-refractivity contribution in [1.82, 2.24) is 15.0 Å². The lowest BCUT2D eigenvalue weighted by molar-refractivity contribution is 1.16. The molecule has 7 heteroatoms. The van der Waals surface area contributed by atoms with E-state index >= 15 is 0 Å². The Balaban J connectivity index is 1.92. The maximum atomic E-state index is 8.54. The van der Waals surface area contributed by atoms with E-state index in [0.29, 0.717) is 11.6 Å². The van der Waals surface area contributed by atoms with E-state index in [1.54, 1.807) is 30.7 Å². The SMILES string of the molecule is Cc1ccc(N=[N+]=[N-])cc1Nc1nccc(-c2cccnc2)n1. The summed E-state index contributed by atoms with van der Waals surface area (Å²) in [4.78, 5) is 15.6. The highest BCUT2D eigenvalue weighted by atomic mass is 15.1. The highest BCUT2D eigenvalue weighted by Crippen LogP contribution is 2.25. The standard InChI is InChI=1S/C16H13N7/c1-11-4-5-13(22-23-17)9-15(11)21-16-19-8-6-14(20-16)12-3-2-7-18-10-12/h2-10H,1H3,(H,19,20,21). The molecule has 0 fully saturated rings. The highest BCUT2D eigenvalue weighted by molar-refractivity contribution is 5.65. The molecule has 7 nitrogen and oxygen atoms in total. The second-order valence-electron chi connectivity index (χ2n) is 4.82. The number of nitrogens with zero attached hydrogens (tertiary/aromatic N) is 6. The van der Waals surface area contributed by atoms with Crippen LogP contribution in [0.2, 0.25) is 0 Å². The van der Waals surface area contributed by atoms with Gasteiger partial charge in [-0.2, -0.15) is 0 Å². The molecule has 112 valence electrons. The summed E-state index contributed by atoms with van der Waals surface area (Å²) in [5, 5.41) is 6.76. The normalized spacial score (nSPS) is 9.96. The van der Waals surface area contributed by atoms with Gasteiger partial charge in [0.15, 0.2) is 0 Å². The van der Waals surface area contributed by atoms with Crippen LogP contribution in [0.4, 0.5) is 17.3 Å². The van der Waals surface area contributed by atoms with Crippen LogP contribution in [0.25, 0.3) is 21.7 Å². The van der Waals surface area contributed by atoms with Crippen LogP contribution in [-0.2, 0) is 0 Å². The first-order chi connectivity index (χ1) is 11.3. The molecule has 0 amide bonds. The monoisotopic (exact) mass is 303 g/mol. The van der Waals surface area contributed by atoms with Crippen molar-refractivity contribution < 1.29 is 0 Å². The number of anilines is 2. The van der Waals surface area contributed by atoms with Gasteiger partial charge in [-0.25, -0.2) is 9.97 Å². The van der Waals surface area contributed by atoms with E-state index in [4.69, 9.17) is 5.53 Å². The molecule has 2 heterocycles. The van der Waals surface area contributed by atoms with Gasteiger partial charge in [-0.1, -0.05) is 17.2 Å². The zero-order valence-corrected chi connectivity index (χ0v) is 12.4. The molecule has 0 atom stereocenters. The van der Waals surface area contributed by atoms with Crippen molar-refractivity contribution >= 4 is 17.3 Å². The molecule has 0 saturated carbocycles. The van der Waals surface area contributed by atoms with E-state index in [-0.39, 0.29) is 0 Å². The van der Waals surface area contributed by atoms with Gasteiger partial charge in [-0.3, -0.25) is 4.98 Å². The smallest absolute Gasteiger partial charge is 0.227 e. The van der Waals surface area contributed by atoms with Gasteiger partial charge >= 0.3 is 0 Å². The molecule has 0 aliphatic carbocycles. The number of hydrogen-bond donors (Lipinski definition) is 1. The van der Waals surface area contributed by atoms with Crippen molar-refractivity contribution in [2.45, 2.75) is 6.92 Å². The summed E-state index contributed by atoms with van der Waals surface area (Å²) in [7, 11) is 0. The van der Waals surface area contributed by atoms with Crippen molar-refractivity contribution in [2.75, 3.05) is 5.32 Å². The third-order valence-corrected chi connectivity index (χ3v) is 3.24. The van der Waals surface area contributed by atoms with E-state index in [9.17, 15) is 0 Å². The predicted octanol–water partition coefficient (Wildman–Crippen LogP) is 4.53. The van der Waals surface area contributed by atoms with Gasteiger partial charge in [-0.15, -0.1) is 0 Å². The highest BCUT2D eigenvalue weighted by Gasteiger charge is 2.05. The fraction of sp³-hybridized carbons (Fsp3) is 0.0625. The number of pyridine rings is 1. The molecular weight excluding hydrogens is 290 g/mol. The van der Waals surface area contributed by atoms with E-state index < -0.39 is 0 Å². The number of aromatic nitrogens is 3. The van der Waals surface area contributed by atoms with Crippen LogP contribution in [0.5, 0.6) is 0 Å². The summed E-state index contributed by atoms with van der Waals surface area (Å²) in [6.07, 6.45) is 5.15. The number of aryl methyl sites for hydroxylation is 1. The lowest BCUT2D eigenvalue weighted by Gasteiger charge is -2.09. The van der Waals surface area contributed by atoms with Gasteiger partial charge in [0.2, 0.25) is 5.95 Å². The minimum atomic E-state index is 0.465. The maximum absolute atomic E-state index is 8.54. The fourth-order valence-corrected chi connectivity index (χ4v) is 2.07. The molecule has 3 rings (SSSR count). The summed E-state index contributed by atoms with van der Waals surface area (Å²) in [6.45, 7) is 1.95. The summed E-state index contributed by atoms with van der Waals surface area (Å²) in [5.74, 6) is 0.465. The Morgan fingerprint density at radius 3 is 2.87 bits per heavy atom. The van der Waals surface area contributed by atoms with Crippen molar-refractivity contribution in [1.29, 1.82) is 0 Å². The zero-order valence-electron chi connectivity index (χ0n) is 12.4. The van der Waals surface area contributed by atoms with Crippen molar-refractivity contribution in [3.05, 3.63) is 71.0 Å². The molecule has 0 aliphatic heterocycles. The molecule has 0 spiro atoms. The van der Waals surface area contributed by atoms with Gasteiger partial charge in [0, 0.05) is 40.4 Å².